The number of benzene rings is 1. The molecular weight excluding hydrogens is 379 g/mol. The summed E-state index contributed by atoms with van der Waals surface area (Å²) >= 11 is 0. The summed E-state index contributed by atoms with van der Waals surface area (Å²) in [5, 5.41) is 9.70. The third kappa shape index (κ3) is 4.54. The maximum Gasteiger partial charge on any atom is 0.280 e. The highest BCUT2D eigenvalue weighted by atomic mass is 19.3. The monoisotopic (exact) mass is 407 g/mol. The average Bonchev–Trinajstić information content (AvgIpc) is 2.63. The van der Waals surface area contributed by atoms with E-state index in [0.717, 1.165) is 23.1 Å². The number of rotatable bonds is 8. The average molecular weight is 407 g/mol. The molecule has 1 amide bonds. The van der Waals surface area contributed by atoms with Crippen LogP contribution in [0.15, 0.2) is 36.3 Å². The Morgan fingerprint density at radius 2 is 1.83 bits per heavy atom. The number of halogens is 3. The number of hydrogen-bond donors (Lipinski definition) is 2. The summed E-state index contributed by atoms with van der Waals surface area (Å²) in [5.74, 6) is -2.14. The molecule has 7 heteroatoms. The van der Waals surface area contributed by atoms with Crippen LogP contribution in [0.1, 0.15) is 42.9 Å². The van der Waals surface area contributed by atoms with Gasteiger partial charge in [0.25, 0.3) is 12.3 Å². The van der Waals surface area contributed by atoms with Crippen LogP contribution in [0.3, 0.4) is 0 Å². The molecule has 1 unspecified atom stereocenters. The molecule has 0 spiro atoms. The van der Waals surface area contributed by atoms with Gasteiger partial charge >= 0.3 is 0 Å². The molecular formula is C22H28F3N3O. The van der Waals surface area contributed by atoms with Gasteiger partial charge in [0.05, 0.1) is 6.04 Å². The summed E-state index contributed by atoms with van der Waals surface area (Å²) in [6, 6.07) is 5.05. The second-order valence-electron chi connectivity index (χ2n) is 7.42. The Morgan fingerprint density at radius 1 is 1.28 bits per heavy atom. The van der Waals surface area contributed by atoms with Gasteiger partial charge in [-0.2, -0.15) is 4.39 Å². The molecule has 29 heavy (non-hydrogen) atoms. The summed E-state index contributed by atoms with van der Waals surface area (Å²) in [4.78, 5) is 14.7. The molecule has 1 fully saturated rings. The minimum atomic E-state index is -3.26. The van der Waals surface area contributed by atoms with Gasteiger partial charge in [-0.15, -0.1) is 0 Å². The van der Waals surface area contributed by atoms with E-state index >= 15 is 0 Å². The summed E-state index contributed by atoms with van der Waals surface area (Å²) < 4.78 is 40.7. The van der Waals surface area contributed by atoms with Gasteiger partial charge < -0.3 is 10.2 Å². The van der Waals surface area contributed by atoms with Crippen molar-refractivity contribution in [3.05, 3.63) is 53.0 Å². The molecule has 158 valence electrons. The minimum absolute atomic E-state index is 0.205. The molecule has 0 bridgehead atoms. The zero-order valence-corrected chi connectivity index (χ0v) is 17.3. The van der Waals surface area contributed by atoms with Gasteiger partial charge in [0.1, 0.15) is 11.3 Å². The molecule has 1 saturated carbocycles. The molecule has 1 aliphatic carbocycles. The number of carbonyl (C=O) groups is 1. The van der Waals surface area contributed by atoms with Crippen LogP contribution in [-0.2, 0) is 4.79 Å². The predicted molar refractivity (Wildman–Crippen MR) is 110 cm³/mol. The highest BCUT2D eigenvalue weighted by Gasteiger charge is 2.39. The van der Waals surface area contributed by atoms with Crippen LogP contribution in [0.25, 0.3) is 5.57 Å². The molecule has 1 aromatic carbocycles. The van der Waals surface area contributed by atoms with Gasteiger partial charge in [-0.1, -0.05) is 24.8 Å². The van der Waals surface area contributed by atoms with Gasteiger partial charge in [0.15, 0.2) is 0 Å². The van der Waals surface area contributed by atoms with Crippen molar-refractivity contribution in [3.63, 3.8) is 0 Å². The van der Waals surface area contributed by atoms with E-state index in [9.17, 15) is 18.0 Å². The quantitative estimate of drug-likeness (QED) is 0.370. The van der Waals surface area contributed by atoms with Crippen molar-refractivity contribution in [1.29, 1.82) is 5.41 Å². The zero-order chi connectivity index (χ0) is 21.9. The lowest BCUT2D eigenvalue weighted by Crippen LogP contribution is -2.51. The maximum absolute atomic E-state index is 14.3. The van der Waals surface area contributed by atoms with Gasteiger partial charge in [-0.05, 0) is 62.3 Å². The molecule has 0 heterocycles. The third-order valence-electron chi connectivity index (χ3n) is 5.57. The van der Waals surface area contributed by atoms with Crippen molar-refractivity contribution in [2.24, 2.45) is 0 Å². The Kier molecular flexibility index (Phi) is 7.27. The molecule has 1 aromatic rings. The molecule has 0 aromatic heterocycles. The Hall–Kier alpha value is -2.57. The van der Waals surface area contributed by atoms with E-state index in [2.05, 4.69) is 11.9 Å². The van der Waals surface area contributed by atoms with Crippen molar-refractivity contribution in [2.45, 2.75) is 58.5 Å². The van der Waals surface area contributed by atoms with Gasteiger partial charge in [0.2, 0.25) is 5.95 Å². The number of aryl methyl sites for hydroxylation is 2. The van der Waals surface area contributed by atoms with Gasteiger partial charge in [-0.3, -0.25) is 10.2 Å². The van der Waals surface area contributed by atoms with E-state index in [4.69, 9.17) is 5.41 Å². The molecule has 1 aliphatic rings. The van der Waals surface area contributed by atoms with E-state index in [0.29, 0.717) is 18.4 Å². The molecule has 2 rings (SSSR count). The molecule has 0 radical (unpaired) electrons. The van der Waals surface area contributed by atoms with Crippen LogP contribution >= 0.6 is 0 Å². The maximum atomic E-state index is 14.3. The van der Waals surface area contributed by atoms with Gasteiger partial charge in [-0.25, -0.2) is 8.78 Å². The summed E-state index contributed by atoms with van der Waals surface area (Å²) in [6.07, 6.45) is -0.954. The fraction of sp³-hybridized carbons (Fsp3) is 0.455. The number of nitrogens with one attached hydrogen (secondary N) is 2. The Bertz CT molecular complexity index is 823. The first-order valence-corrected chi connectivity index (χ1v) is 9.64. The lowest BCUT2D eigenvalue weighted by atomic mass is 9.86. The molecule has 4 nitrogen and oxygen atoms in total. The second-order valence-corrected chi connectivity index (χ2v) is 7.42. The van der Waals surface area contributed by atoms with Crippen molar-refractivity contribution < 1.29 is 18.0 Å². The number of amides is 1. The largest absolute Gasteiger partial charge is 0.364 e. The molecule has 2 N–H and O–H groups in total. The standard InChI is InChI=1S/C22H28F3N3O/c1-12-8-6-9-13(2)17(12)14(3)15(4)28(16-10-7-11-16)22(29)18(21(25)27-5)19(26)20(23)24/h6,8-9,15-16,20,26-27H,3,7,10-11H2,1-2,4-5H3/b21-18+,26-19?. The van der Waals surface area contributed by atoms with E-state index in [-0.39, 0.29) is 6.04 Å². The van der Waals surface area contributed by atoms with Gasteiger partial charge in [0, 0.05) is 13.1 Å². The summed E-state index contributed by atoms with van der Waals surface area (Å²) in [6.45, 7) is 9.82. The molecule has 1 atom stereocenters. The number of hydrogen-bond acceptors (Lipinski definition) is 3. The lowest BCUT2D eigenvalue weighted by molar-refractivity contribution is -0.132. The molecule has 0 saturated heterocycles. The Morgan fingerprint density at radius 3 is 2.24 bits per heavy atom. The van der Waals surface area contributed by atoms with E-state index in [1.807, 2.05) is 32.0 Å². The SMILES string of the molecule is C=C(c1c(C)cccc1C)C(C)N(C(=O)/C(C(=N)C(F)F)=C(\F)NC)C1CCC1. The normalized spacial score (nSPS) is 16.0. The fourth-order valence-electron chi connectivity index (χ4n) is 3.71. The summed E-state index contributed by atoms with van der Waals surface area (Å²) in [5.41, 5.74) is 1.29. The highest BCUT2D eigenvalue weighted by molar-refractivity contribution is 6.22. The second kappa shape index (κ2) is 9.29. The van der Waals surface area contributed by atoms with E-state index in [1.54, 1.807) is 6.92 Å². The van der Waals surface area contributed by atoms with Crippen molar-refractivity contribution in [1.82, 2.24) is 10.2 Å². The van der Waals surface area contributed by atoms with E-state index in [1.165, 1.54) is 11.9 Å². The highest BCUT2D eigenvalue weighted by Crippen LogP contribution is 2.34. The first-order chi connectivity index (χ1) is 13.6. The van der Waals surface area contributed by atoms with E-state index < -0.39 is 35.6 Å². The molecule has 0 aliphatic heterocycles. The van der Waals surface area contributed by atoms with Crippen LogP contribution in [0.2, 0.25) is 0 Å². The minimum Gasteiger partial charge on any atom is -0.364 e. The fourth-order valence-corrected chi connectivity index (χ4v) is 3.71. The van der Waals surface area contributed by atoms with Crippen LogP contribution in [-0.4, -0.2) is 42.1 Å². The first kappa shape index (κ1) is 22.7. The van der Waals surface area contributed by atoms with Crippen LogP contribution in [0.5, 0.6) is 0 Å². The number of alkyl halides is 2. The number of nitrogens with zero attached hydrogens (tertiary/aromatic N) is 1. The topological polar surface area (TPSA) is 56.2 Å². The van der Waals surface area contributed by atoms with Crippen molar-refractivity contribution >= 4 is 17.2 Å². The van der Waals surface area contributed by atoms with Crippen LogP contribution in [0.4, 0.5) is 13.2 Å². The van der Waals surface area contributed by atoms with Crippen LogP contribution in [0, 0.1) is 19.3 Å². The zero-order valence-electron chi connectivity index (χ0n) is 17.3. The Labute approximate surface area is 170 Å². The van der Waals surface area contributed by atoms with Crippen molar-refractivity contribution in [2.75, 3.05) is 7.05 Å². The predicted octanol–water partition coefficient (Wildman–Crippen LogP) is 4.77. The lowest BCUT2D eigenvalue weighted by Gasteiger charge is -2.43. The summed E-state index contributed by atoms with van der Waals surface area (Å²) in [7, 11) is 1.19. The third-order valence-corrected chi connectivity index (χ3v) is 5.57. The number of carbonyl (C=O) groups excluding carboxylic acids is 1. The van der Waals surface area contributed by atoms with Crippen LogP contribution < -0.4 is 5.32 Å². The first-order valence-electron chi connectivity index (χ1n) is 9.64. The Balaban J connectivity index is 2.49. The van der Waals surface area contributed by atoms with Crippen molar-refractivity contribution in [3.8, 4) is 0 Å². The smallest absolute Gasteiger partial charge is 0.280 e.